The maximum Gasteiger partial charge on any atom is 0.171 e. The van der Waals surface area contributed by atoms with Crippen LogP contribution in [-0.4, -0.2) is 26.3 Å². The molecule has 0 amide bonds. The van der Waals surface area contributed by atoms with Gasteiger partial charge >= 0.3 is 0 Å². The van der Waals surface area contributed by atoms with Gasteiger partial charge in [0.05, 0.1) is 21.2 Å². The van der Waals surface area contributed by atoms with Crippen molar-refractivity contribution < 1.29 is 9.64 Å². The highest BCUT2D eigenvalue weighted by Gasteiger charge is 2.06. The van der Waals surface area contributed by atoms with E-state index in [0.29, 0.717) is 11.7 Å². The first kappa shape index (κ1) is 17.2. The van der Waals surface area contributed by atoms with Crippen molar-refractivity contribution in [1.29, 1.82) is 0 Å². The van der Waals surface area contributed by atoms with Gasteiger partial charge in [-0.1, -0.05) is 30.3 Å². The molecule has 3 N–H and O–H groups in total. The van der Waals surface area contributed by atoms with E-state index in [0.717, 1.165) is 18.0 Å². The molecule has 0 fully saturated rings. The van der Waals surface area contributed by atoms with Gasteiger partial charge in [0.2, 0.25) is 0 Å². The number of hydrogen-bond acceptors (Lipinski definition) is 2. The van der Waals surface area contributed by atoms with E-state index >= 15 is 0 Å². The Bertz CT molecular complexity index is 658. The molecule has 0 aromatic heterocycles. The van der Waals surface area contributed by atoms with Crippen LogP contribution in [0.15, 0.2) is 48.5 Å². The van der Waals surface area contributed by atoms with E-state index in [1.807, 2.05) is 24.3 Å². The molecule has 122 valence electrons. The SMILES string of the molecule is COc1cccc(NC(=S)NCc2ccccc2C[NH+](C)C)c1. The van der Waals surface area contributed by atoms with Crippen LogP contribution < -0.4 is 20.3 Å². The first-order valence-corrected chi connectivity index (χ1v) is 8.04. The summed E-state index contributed by atoms with van der Waals surface area (Å²) in [4.78, 5) is 1.40. The number of quaternary nitrogens is 1. The average molecular weight is 330 g/mol. The van der Waals surface area contributed by atoms with Crippen molar-refractivity contribution in [3.8, 4) is 5.75 Å². The molecule has 0 radical (unpaired) electrons. The highest BCUT2D eigenvalue weighted by molar-refractivity contribution is 7.80. The van der Waals surface area contributed by atoms with Crippen molar-refractivity contribution in [3.63, 3.8) is 0 Å². The molecular weight excluding hydrogens is 306 g/mol. The van der Waals surface area contributed by atoms with Crippen LogP contribution in [0.25, 0.3) is 0 Å². The zero-order chi connectivity index (χ0) is 16.7. The minimum Gasteiger partial charge on any atom is -0.497 e. The summed E-state index contributed by atoms with van der Waals surface area (Å²) in [5.74, 6) is 0.803. The van der Waals surface area contributed by atoms with Gasteiger partial charge in [0.15, 0.2) is 5.11 Å². The Hall–Kier alpha value is -2.11. The van der Waals surface area contributed by atoms with E-state index in [4.69, 9.17) is 17.0 Å². The molecule has 2 rings (SSSR count). The van der Waals surface area contributed by atoms with Crippen molar-refractivity contribution in [2.24, 2.45) is 0 Å². The molecular formula is C18H24N3OS+. The van der Waals surface area contributed by atoms with Gasteiger partial charge in [-0.05, 0) is 29.9 Å². The summed E-state index contributed by atoms with van der Waals surface area (Å²) in [5.41, 5.74) is 3.51. The maximum atomic E-state index is 5.38. The highest BCUT2D eigenvalue weighted by atomic mass is 32.1. The third kappa shape index (κ3) is 5.54. The number of rotatable bonds is 6. The first-order chi connectivity index (χ1) is 11.1. The van der Waals surface area contributed by atoms with Gasteiger partial charge in [0, 0.05) is 23.9 Å². The summed E-state index contributed by atoms with van der Waals surface area (Å²) < 4.78 is 5.21. The third-order valence-corrected chi connectivity index (χ3v) is 3.68. The van der Waals surface area contributed by atoms with Crippen molar-refractivity contribution in [2.45, 2.75) is 13.1 Å². The number of benzene rings is 2. The molecule has 0 spiro atoms. The van der Waals surface area contributed by atoms with Crippen molar-refractivity contribution >= 4 is 23.0 Å². The lowest BCUT2D eigenvalue weighted by Crippen LogP contribution is -3.04. The number of anilines is 1. The van der Waals surface area contributed by atoms with Gasteiger partial charge in [0.1, 0.15) is 12.3 Å². The average Bonchev–Trinajstić information content (AvgIpc) is 2.53. The van der Waals surface area contributed by atoms with E-state index in [-0.39, 0.29) is 0 Å². The Balaban J connectivity index is 1.94. The second-order valence-electron chi connectivity index (χ2n) is 5.69. The molecule has 4 nitrogen and oxygen atoms in total. The summed E-state index contributed by atoms with van der Waals surface area (Å²) in [5, 5.41) is 7.05. The molecule has 0 heterocycles. The van der Waals surface area contributed by atoms with E-state index in [1.165, 1.54) is 16.0 Å². The number of ether oxygens (including phenoxy) is 1. The zero-order valence-corrected chi connectivity index (χ0v) is 14.7. The van der Waals surface area contributed by atoms with Gasteiger partial charge in [-0.15, -0.1) is 0 Å². The quantitative estimate of drug-likeness (QED) is 0.707. The Kier molecular flexibility index (Phi) is 6.38. The number of nitrogens with one attached hydrogen (secondary N) is 3. The first-order valence-electron chi connectivity index (χ1n) is 7.63. The molecule has 2 aromatic carbocycles. The molecule has 0 aliphatic rings. The molecule has 0 saturated carbocycles. The second kappa shape index (κ2) is 8.50. The fourth-order valence-electron chi connectivity index (χ4n) is 2.33. The van der Waals surface area contributed by atoms with E-state index < -0.39 is 0 Å². The smallest absolute Gasteiger partial charge is 0.171 e. The fraction of sp³-hybridized carbons (Fsp3) is 0.278. The molecule has 0 atom stereocenters. The van der Waals surface area contributed by atoms with Crippen molar-refractivity contribution in [2.75, 3.05) is 26.5 Å². The predicted molar refractivity (Wildman–Crippen MR) is 99.0 cm³/mol. The molecule has 0 saturated heterocycles. The summed E-state index contributed by atoms with van der Waals surface area (Å²) in [6.45, 7) is 1.70. The minimum absolute atomic E-state index is 0.602. The van der Waals surface area contributed by atoms with E-state index in [9.17, 15) is 0 Å². The largest absolute Gasteiger partial charge is 0.497 e. The summed E-state index contributed by atoms with van der Waals surface area (Å²) >= 11 is 5.38. The van der Waals surface area contributed by atoms with Crippen LogP contribution in [0.5, 0.6) is 5.75 Å². The van der Waals surface area contributed by atoms with Crippen LogP contribution in [0.4, 0.5) is 5.69 Å². The van der Waals surface area contributed by atoms with Crippen LogP contribution in [0.2, 0.25) is 0 Å². The molecule has 23 heavy (non-hydrogen) atoms. The van der Waals surface area contributed by atoms with Crippen LogP contribution in [0.3, 0.4) is 0 Å². The van der Waals surface area contributed by atoms with E-state index in [2.05, 4.69) is 49.0 Å². The number of hydrogen-bond donors (Lipinski definition) is 3. The summed E-state index contributed by atoms with van der Waals surface area (Å²) in [6.07, 6.45) is 0. The summed E-state index contributed by atoms with van der Waals surface area (Å²) in [6, 6.07) is 16.2. The molecule has 0 aliphatic heterocycles. The van der Waals surface area contributed by atoms with Crippen molar-refractivity contribution in [3.05, 3.63) is 59.7 Å². The predicted octanol–water partition coefficient (Wildman–Crippen LogP) is 1.83. The van der Waals surface area contributed by atoms with Gasteiger partial charge in [-0.2, -0.15) is 0 Å². The number of thiocarbonyl (C=S) groups is 1. The minimum atomic E-state index is 0.602. The highest BCUT2D eigenvalue weighted by Crippen LogP contribution is 2.16. The standard InChI is InChI=1S/C18H23N3OS/c1-21(2)13-15-8-5-4-7-14(15)12-19-18(23)20-16-9-6-10-17(11-16)22-3/h4-11H,12-13H2,1-3H3,(H2,19,20,23)/p+1. The van der Waals surface area contributed by atoms with Crippen LogP contribution in [0, 0.1) is 0 Å². The molecule has 0 unspecified atom stereocenters. The summed E-state index contributed by atoms with van der Waals surface area (Å²) in [7, 11) is 5.96. The normalized spacial score (nSPS) is 10.4. The number of methoxy groups -OCH3 is 1. The van der Waals surface area contributed by atoms with Gasteiger partial charge in [0.25, 0.3) is 0 Å². The van der Waals surface area contributed by atoms with Crippen LogP contribution in [0.1, 0.15) is 11.1 Å². The lowest BCUT2D eigenvalue weighted by Gasteiger charge is -2.15. The maximum absolute atomic E-state index is 5.38. The Morgan fingerprint density at radius 3 is 2.52 bits per heavy atom. The van der Waals surface area contributed by atoms with Gasteiger partial charge in [-0.3, -0.25) is 0 Å². The van der Waals surface area contributed by atoms with Gasteiger partial charge < -0.3 is 20.3 Å². The molecule has 2 aromatic rings. The Morgan fingerprint density at radius 2 is 1.83 bits per heavy atom. The third-order valence-electron chi connectivity index (χ3n) is 3.43. The Labute approximate surface area is 143 Å². The lowest BCUT2D eigenvalue weighted by molar-refractivity contribution is -0.872. The molecule has 0 aliphatic carbocycles. The molecule has 5 heteroatoms. The Morgan fingerprint density at radius 1 is 1.09 bits per heavy atom. The van der Waals surface area contributed by atoms with Crippen LogP contribution >= 0.6 is 12.2 Å². The zero-order valence-electron chi connectivity index (χ0n) is 13.8. The monoisotopic (exact) mass is 330 g/mol. The van der Waals surface area contributed by atoms with E-state index in [1.54, 1.807) is 7.11 Å². The van der Waals surface area contributed by atoms with Crippen molar-refractivity contribution in [1.82, 2.24) is 5.32 Å². The second-order valence-corrected chi connectivity index (χ2v) is 6.10. The molecule has 0 bridgehead atoms. The fourth-order valence-corrected chi connectivity index (χ4v) is 2.52. The topological polar surface area (TPSA) is 37.7 Å². The van der Waals surface area contributed by atoms with Gasteiger partial charge in [-0.25, -0.2) is 0 Å². The lowest BCUT2D eigenvalue weighted by atomic mass is 10.1. The van der Waals surface area contributed by atoms with Crippen LogP contribution in [-0.2, 0) is 13.1 Å².